The van der Waals surface area contributed by atoms with Gasteiger partial charge in [-0.1, -0.05) is 46.6 Å². The van der Waals surface area contributed by atoms with Crippen LogP contribution in [-0.4, -0.2) is 31.4 Å². The van der Waals surface area contributed by atoms with Crippen molar-refractivity contribution in [1.82, 2.24) is 0 Å². The van der Waals surface area contributed by atoms with E-state index in [2.05, 4.69) is 20.1 Å². The monoisotopic (exact) mass is 484 g/mol. The molecule has 0 saturated heterocycles. The van der Waals surface area contributed by atoms with Crippen molar-refractivity contribution in [1.29, 1.82) is 0 Å². The van der Waals surface area contributed by atoms with E-state index < -0.39 is 30.0 Å². The molecule has 2 rings (SSSR count). The second kappa shape index (κ2) is 13.2. The van der Waals surface area contributed by atoms with Crippen molar-refractivity contribution in [3.8, 4) is 0 Å². The van der Waals surface area contributed by atoms with Crippen molar-refractivity contribution in [3.63, 3.8) is 0 Å². The molecule has 0 unspecified atom stereocenters. The Bertz CT molecular complexity index is 1190. The van der Waals surface area contributed by atoms with Crippen molar-refractivity contribution in [2.24, 2.45) is 10.2 Å². The first-order chi connectivity index (χ1) is 13.1. The first-order valence-corrected chi connectivity index (χ1v) is 9.86. The summed E-state index contributed by atoms with van der Waals surface area (Å²) in [6.45, 7) is 0. The van der Waals surface area contributed by atoms with E-state index in [1.54, 1.807) is 0 Å². The van der Waals surface area contributed by atoms with Gasteiger partial charge in [-0.2, -0.15) is 0 Å². The molecular formula is C14H10N6Na2O7S2. The SMILES string of the molecule is O.[N-]=[N+]=Nc1ccc(C=Cc2ccc(N=[N+]=[N-])cc2S(=O)(=O)[O-])c(S(=O)(=O)[O-])c1.[Na+].[Na+]. The summed E-state index contributed by atoms with van der Waals surface area (Å²) in [7, 11) is -9.90. The Hall–Kier alpha value is -1.42. The van der Waals surface area contributed by atoms with Crippen LogP contribution in [0.15, 0.2) is 56.4 Å². The zero-order chi connectivity index (χ0) is 20.9. The third-order valence-electron chi connectivity index (χ3n) is 3.30. The van der Waals surface area contributed by atoms with Crippen LogP contribution in [-0.2, 0) is 20.2 Å². The van der Waals surface area contributed by atoms with E-state index in [9.17, 15) is 25.9 Å². The van der Waals surface area contributed by atoms with E-state index in [4.69, 9.17) is 11.1 Å². The first-order valence-electron chi connectivity index (χ1n) is 7.04. The molecule has 0 aromatic heterocycles. The Morgan fingerprint density at radius 2 is 1.06 bits per heavy atom. The van der Waals surface area contributed by atoms with Crippen LogP contribution in [0.4, 0.5) is 11.4 Å². The summed E-state index contributed by atoms with van der Waals surface area (Å²) in [5, 5.41) is 6.41. The molecule has 0 aliphatic heterocycles. The van der Waals surface area contributed by atoms with Crippen LogP contribution in [0, 0.1) is 0 Å². The molecule has 0 spiro atoms. The van der Waals surface area contributed by atoms with Crippen LogP contribution >= 0.6 is 0 Å². The van der Waals surface area contributed by atoms with Gasteiger partial charge in [-0.05, 0) is 34.3 Å². The molecular weight excluding hydrogens is 474 g/mol. The Morgan fingerprint density at radius 1 is 0.742 bits per heavy atom. The summed E-state index contributed by atoms with van der Waals surface area (Å²) in [5.41, 5.74) is 16.3. The van der Waals surface area contributed by atoms with Gasteiger partial charge in [0.1, 0.15) is 20.2 Å². The topological polar surface area (TPSA) is 243 Å². The molecule has 0 heterocycles. The number of benzene rings is 2. The standard InChI is InChI=1S/C14H10N6O6S2.2Na.H2O/c15-19-17-11-5-3-9(13(7-11)27(21,22)23)1-2-10-4-6-12(18-20-16)8-14(10)28(24,25)26;;;/h1-8H,(H,21,22,23)(H,24,25,26);;;1H2/q;2*+1;/p-2. The van der Waals surface area contributed by atoms with Crippen molar-refractivity contribution < 1.29 is 90.5 Å². The van der Waals surface area contributed by atoms with Gasteiger partial charge in [0, 0.05) is 21.2 Å². The summed E-state index contributed by atoms with van der Waals surface area (Å²) >= 11 is 0. The van der Waals surface area contributed by atoms with Gasteiger partial charge in [0.2, 0.25) is 0 Å². The van der Waals surface area contributed by atoms with Gasteiger partial charge in [-0.15, -0.1) is 0 Å². The molecule has 17 heteroatoms. The average Bonchev–Trinajstić information content (AvgIpc) is 2.60. The number of hydrogen-bond donors (Lipinski definition) is 0. The number of hydrogen-bond acceptors (Lipinski definition) is 8. The van der Waals surface area contributed by atoms with Crippen molar-refractivity contribution in [2.75, 3.05) is 0 Å². The third-order valence-corrected chi connectivity index (χ3v) is 5.08. The first kappa shape index (κ1) is 31.8. The Balaban J connectivity index is 0. The van der Waals surface area contributed by atoms with E-state index in [-0.39, 0.29) is 87.1 Å². The molecule has 0 aliphatic carbocycles. The summed E-state index contributed by atoms with van der Waals surface area (Å²) in [6.07, 6.45) is 2.20. The van der Waals surface area contributed by atoms with Gasteiger partial charge < -0.3 is 14.6 Å². The summed E-state index contributed by atoms with van der Waals surface area (Å²) in [6, 6.07) is 6.54. The zero-order valence-corrected chi connectivity index (χ0v) is 21.7. The number of nitrogens with zero attached hydrogens (tertiary/aromatic N) is 6. The quantitative estimate of drug-likeness (QED) is 0.102. The molecule has 0 radical (unpaired) electrons. The Morgan fingerprint density at radius 3 is 1.32 bits per heavy atom. The summed E-state index contributed by atoms with van der Waals surface area (Å²) in [5.74, 6) is 0. The number of azide groups is 2. The van der Waals surface area contributed by atoms with Gasteiger partial charge in [0.25, 0.3) is 0 Å². The predicted molar refractivity (Wildman–Crippen MR) is 99.0 cm³/mol. The van der Waals surface area contributed by atoms with Crippen LogP contribution in [0.25, 0.3) is 33.0 Å². The molecule has 0 amide bonds. The van der Waals surface area contributed by atoms with Crippen LogP contribution in [0.2, 0.25) is 0 Å². The zero-order valence-electron chi connectivity index (χ0n) is 16.1. The van der Waals surface area contributed by atoms with E-state index in [1.807, 2.05) is 0 Å². The molecule has 0 bridgehead atoms. The second-order valence-electron chi connectivity index (χ2n) is 5.06. The molecule has 0 fully saturated rings. The molecule has 0 saturated carbocycles. The second-order valence-corrected chi connectivity index (χ2v) is 7.76. The minimum Gasteiger partial charge on any atom is -0.744 e. The van der Waals surface area contributed by atoms with Crippen LogP contribution in [0.3, 0.4) is 0 Å². The molecule has 13 nitrogen and oxygen atoms in total. The number of rotatable bonds is 6. The molecule has 2 N–H and O–H groups in total. The largest absolute Gasteiger partial charge is 1.00 e. The fourth-order valence-electron chi connectivity index (χ4n) is 2.16. The third kappa shape index (κ3) is 8.92. The molecule has 0 atom stereocenters. The van der Waals surface area contributed by atoms with E-state index >= 15 is 0 Å². The van der Waals surface area contributed by atoms with Gasteiger partial charge in [0.05, 0.1) is 9.79 Å². The van der Waals surface area contributed by atoms with E-state index in [1.165, 1.54) is 24.3 Å². The molecule has 2 aromatic rings. The molecule has 0 aliphatic rings. The smallest absolute Gasteiger partial charge is 0.744 e. The molecule has 2 aromatic carbocycles. The molecule has 152 valence electrons. The maximum absolute atomic E-state index is 11.4. The minimum atomic E-state index is -4.95. The average molecular weight is 484 g/mol. The normalized spacial score (nSPS) is 10.5. The van der Waals surface area contributed by atoms with Crippen LogP contribution in [0.5, 0.6) is 0 Å². The predicted octanol–water partition coefficient (Wildman–Crippen LogP) is -3.27. The maximum Gasteiger partial charge on any atom is 1.00 e. The van der Waals surface area contributed by atoms with E-state index in [0.717, 1.165) is 24.3 Å². The van der Waals surface area contributed by atoms with Gasteiger partial charge >= 0.3 is 59.1 Å². The molecule has 31 heavy (non-hydrogen) atoms. The van der Waals surface area contributed by atoms with Gasteiger partial charge in [-0.25, -0.2) is 16.8 Å². The fourth-order valence-corrected chi connectivity index (χ4v) is 3.54. The summed E-state index contributed by atoms with van der Waals surface area (Å²) in [4.78, 5) is 3.57. The van der Waals surface area contributed by atoms with Gasteiger partial charge in [0.15, 0.2) is 0 Å². The Kier molecular flexibility index (Phi) is 13.5. The van der Waals surface area contributed by atoms with Crippen LogP contribution in [0.1, 0.15) is 11.1 Å². The van der Waals surface area contributed by atoms with E-state index in [0.29, 0.717) is 0 Å². The minimum absolute atomic E-state index is 0. The van der Waals surface area contributed by atoms with Gasteiger partial charge in [-0.3, -0.25) is 0 Å². The van der Waals surface area contributed by atoms with Crippen molar-refractivity contribution in [3.05, 3.63) is 68.4 Å². The summed E-state index contributed by atoms with van der Waals surface area (Å²) < 4.78 is 68.7. The van der Waals surface area contributed by atoms with Crippen molar-refractivity contribution >= 4 is 43.8 Å². The van der Waals surface area contributed by atoms with Crippen LogP contribution < -0.4 is 59.1 Å². The fraction of sp³-hybridized carbons (Fsp3) is 0. The maximum atomic E-state index is 11.4. The van der Waals surface area contributed by atoms with Crippen molar-refractivity contribution in [2.45, 2.75) is 9.79 Å². The Labute approximate surface area is 220 Å².